The molecule has 1 aromatic heterocycles. The fourth-order valence-electron chi connectivity index (χ4n) is 3.84. The van der Waals surface area contributed by atoms with Gasteiger partial charge in [0.1, 0.15) is 0 Å². The zero-order valence-electron chi connectivity index (χ0n) is 16.9. The highest BCUT2D eigenvalue weighted by Gasteiger charge is 2.21. The number of halogens is 1. The number of benzene rings is 2. The van der Waals surface area contributed by atoms with Crippen molar-refractivity contribution in [3.8, 4) is 0 Å². The van der Waals surface area contributed by atoms with Crippen LogP contribution in [-0.4, -0.2) is 39.2 Å². The van der Waals surface area contributed by atoms with E-state index < -0.39 is 0 Å². The van der Waals surface area contributed by atoms with Crippen LogP contribution < -0.4 is 5.56 Å². The maximum absolute atomic E-state index is 13.5. The van der Waals surface area contributed by atoms with Crippen LogP contribution in [0.25, 0.3) is 10.9 Å². The van der Waals surface area contributed by atoms with Gasteiger partial charge in [-0.2, -0.15) is 0 Å². The van der Waals surface area contributed by atoms with Crippen LogP contribution in [0.3, 0.4) is 0 Å². The number of likely N-dealkylation sites (tertiary alicyclic amines) is 1. The average Bonchev–Trinajstić information content (AvgIpc) is 2.79. The fraction of sp³-hybridized carbons (Fsp3) is 0.348. The first-order valence-electron chi connectivity index (χ1n) is 10.2. The summed E-state index contributed by atoms with van der Waals surface area (Å²) in [6.07, 6.45) is 3.32. The molecule has 156 valence electrons. The Hall–Kier alpha value is -2.12. The van der Waals surface area contributed by atoms with E-state index in [-0.39, 0.29) is 23.3 Å². The Balaban J connectivity index is 1.72. The highest BCUT2D eigenvalue weighted by Crippen LogP contribution is 2.26. The predicted molar refractivity (Wildman–Crippen MR) is 125 cm³/mol. The van der Waals surface area contributed by atoms with Crippen molar-refractivity contribution < 1.29 is 4.79 Å². The Morgan fingerprint density at radius 3 is 2.60 bits per heavy atom. The van der Waals surface area contributed by atoms with Gasteiger partial charge in [0.25, 0.3) is 5.56 Å². The molecule has 1 aliphatic rings. The summed E-state index contributed by atoms with van der Waals surface area (Å²) in [6, 6.07) is 15.3. The molecule has 1 fully saturated rings. The summed E-state index contributed by atoms with van der Waals surface area (Å²) < 4.78 is 2.56. The summed E-state index contributed by atoms with van der Waals surface area (Å²) in [7, 11) is 0. The summed E-state index contributed by atoms with van der Waals surface area (Å²) in [5.41, 5.74) is 1.58. The number of aromatic nitrogens is 2. The minimum atomic E-state index is -0.192. The molecule has 7 heteroatoms. The minimum Gasteiger partial charge on any atom is -0.342 e. The van der Waals surface area contributed by atoms with Crippen molar-refractivity contribution in [3.63, 3.8) is 0 Å². The Bertz CT molecular complexity index is 1110. The van der Waals surface area contributed by atoms with Crippen LogP contribution in [0.15, 0.2) is 63.0 Å². The van der Waals surface area contributed by atoms with E-state index in [9.17, 15) is 9.59 Å². The maximum Gasteiger partial charge on any atom is 0.262 e. The highest BCUT2D eigenvalue weighted by molar-refractivity contribution is 9.10. The second-order valence-corrected chi connectivity index (χ2v) is 9.41. The van der Waals surface area contributed by atoms with Crippen molar-refractivity contribution in [1.29, 1.82) is 0 Å². The van der Waals surface area contributed by atoms with Gasteiger partial charge >= 0.3 is 0 Å². The summed E-state index contributed by atoms with van der Waals surface area (Å²) >= 11 is 4.81. The molecule has 1 saturated heterocycles. The second-order valence-electron chi connectivity index (χ2n) is 7.55. The van der Waals surface area contributed by atoms with Crippen LogP contribution >= 0.6 is 27.7 Å². The number of amides is 1. The first-order chi connectivity index (χ1) is 14.5. The lowest BCUT2D eigenvalue weighted by atomic mass is 10.1. The van der Waals surface area contributed by atoms with Crippen LogP contribution in [0.1, 0.15) is 37.8 Å². The molecule has 2 heterocycles. The molecule has 0 saturated carbocycles. The third-order valence-electron chi connectivity index (χ3n) is 5.53. The predicted octanol–water partition coefficient (Wildman–Crippen LogP) is 4.87. The van der Waals surface area contributed by atoms with Gasteiger partial charge in [0.05, 0.1) is 22.7 Å². The number of fused-ring (bicyclic) bond motifs is 1. The molecule has 2 aromatic carbocycles. The molecule has 1 atom stereocenters. The molecule has 3 aromatic rings. The molecular formula is C23H24BrN3O2S. The van der Waals surface area contributed by atoms with Crippen molar-refractivity contribution in [2.24, 2.45) is 0 Å². The number of rotatable bonds is 5. The van der Waals surface area contributed by atoms with Gasteiger partial charge < -0.3 is 4.90 Å². The van der Waals surface area contributed by atoms with Crippen molar-refractivity contribution in [2.45, 2.75) is 37.4 Å². The van der Waals surface area contributed by atoms with E-state index in [1.54, 1.807) is 4.57 Å². The number of piperidine rings is 1. The lowest BCUT2D eigenvalue weighted by Crippen LogP contribution is -2.37. The second kappa shape index (κ2) is 9.35. The molecule has 0 aliphatic carbocycles. The Morgan fingerprint density at radius 1 is 1.13 bits per heavy atom. The molecular weight excluding hydrogens is 462 g/mol. The lowest BCUT2D eigenvalue weighted by molar-refractivity contribution is -0.129. The van der Waals surface area contributed by atoms with Gasteiger partial charge in [-0.25, -0.2) is 4.98 Å². The van der Waals surface area contributed by atoms with Crippen LogP contribution in [0, 0.1) is 0 Å². The Labute approximate surface area is 188 Å². The van der Waals surface area contributed by atoms with Crippen LogP contribution in [0.4, 0.5) is 0 Å². The van der Waals surface area contributed by atoms with Crippen molar-refractivity contribution in [3.05, 3.63) is 68.9 Å². The molecule has 30 heavy (non-hydrogen) atoms. The summed E-state index contributed by atoms with van der Waals surface area (Å²) in [4.78, 5) is 32.9. The number of hydrogen-bond acceptors (Lipinski definition) is 4. The Morgan fingerprint density at radius 2 is 1.87 bits per heavy atom. The van der Waals surface area contributed by atoms with Gasteiger partial charge in [-0.3, -0.25) is 14.2 Å². The quantitative estimate of drug-likeness (QED) is 0.381. The SMILES string of the molecule is C[C@@H](c1ccccc1)n1c(SCC(=O)N2CCCCC2)nc2ccc(Br)cc2c1=O. The average molecular weight is 486 g/mol. The molecule has 1 aliphatic heterocycles. The van der Waals surface area contributed by atoms with Crippen LogP contribution in [-0.2, 0) is 4.79 Å². The zero-order valence-corrected chi connectivity index (χ0v) is 19.3. The number of hydrogen-bond donors (Lipinski definition) is 0. The van der Waals surface area contributed by atoms with E-state index >= 15 is 0 Å². The molecule has 0 radical (unpaired) electrons. The molecule has 4 rings (SSSR count). The van der Waals surface area contributed by atoms with E-state index in [0.29, 0.717) is 16.1 Å². The lowest BCUT2D eigenvalue weighted by Gasteiger charge is -2.27. The van der Waals surface area contributed by atoms with Crippen LogP contribution in [0.5, 0.6) is 0 Å². The number of nitrogens with zero attached hydrogens (tertiary/aromatic N) is 3. The van der Waals surface area contributed by atoms with Crippen molar-refractivity contribution in [1.82, 2.24) is 14.5 Å². The van der Waals surface area contributed by atoms with Crippen LogP contribution in [0.2, 0.25) is 0 Å². The Kier molecular flexibility index (Phi) is 6.58. The van der Waals surface area contributed by atoms with E-state index in [4.69, 9.17) is 4.98 Å². The van der Waals surface area contributed by atoms with E-state index in [1.165, 1.54) is 18.2 Å². The number of thioether (sulfide) groups is 1. The standard InChI is InChI=1S/C23H24BrN3O2S/c1-16(17-8-4-2-5-9-17)27-22(29)19-14-18(24)10-11-20(19)25-23(27)30-15-21(28)26-12-6-3-7-13-26/h2,4-5,8-11,14,16H,3,6-7,12-13,15H2,1H3/t16-/m0/s1. The maximum atomic E-state index is 13.5. The zero-order chi connectivity index (χ0) is 21.1. The third kappa shape index (κ3) is 4.47. The summed E-state index contributed by atoms with van der Waals surface area (Å²) in [5.74, 6) is 0.402. The summed E-state index contributed by atoms with van der Waals surface area (Å²) in [6.45, 7) is 3.65. The number of carbonyl (C=O) groups excluding carboxylic acids is 1. The van der Waals surface area contributed by atoms with Gasteiger partial charge in [0, 0.05) is 17.6 Å². The topological polar surface area (TPSA) is 55.2 Å². The van der Waals surface area contributed by atoms with Gasteiger partial charge in [-0.1, -0.05) is 58.0 Å². The van der Waals surface area contributed by atoms with Gasteiger partial charge in [0.15, 0.2) is 5.16 Å². The van der Waals surface area contributed by atoms with Gasteiger partial charge in [-0.15, -0.1) is 0 Å². The van der Waals surface area contributed by atoms with E-state index in [2.05, 4.69) is 15.9 Å². The number of carbonyl (C=O) groups is 1. The van der Waals surface area contributed by atoms with Crippen molar-refractivity contribution in [2.75, 3.05) is 18.8 Å². The highest BCUT2D eigenvalue weighted by atomic mass is 79.9. The first-order valence-corrected chi connectivity index (χ1v) is 12.0. The molecule has 5 nitrogen and oxygen atoms in total. The first kappa shape index (κ1) is 21.1. The van der Waals surface area contributed by atoms with E-state index in [0.717, 1.165) is 36.0 Å². The largest absolute Gasteiger partial charge is 0.342 e. The molecule has 0 N–H and O–H groups in total. The molecule has 1 amide bonds. The fourth-order valence-corrected chi connectivity index (χ4v) is 5.17. The minimum absolute atomic E-state index is 0.0921. The van der Waals surface area contributed by atoms with Crippen molar-refractivity contribution >= 4 is 44.5 Å². The third-order valence-corrected chi connectivity index (χ3v) is 6.96. The van der Waals surface area contributed by atoms with Gasteiger partial charge in [-0.05, 0) is 49.9 Å². The monoisotopic (exact) mass is 485 g/mol. The smallest absolute Gasteiger partial charge is 0.262 e. The summed E-state index contributed by atoms with van der Waals surface area (Å²) in [5, 5.41) is 1.15. The molecule has 0 unspecified atom stereocenters. The van der Waals surface area contributed by atoms with E-state index in [1.807, 2.05) is 60.4 Å². The van der Waals surface area contributed by atoms with Gasteiger partial charge in [0.2, 0.25) is 5.91 Å². The normalized spacial score (nSPS) is 15.3. The molecule has 0 spiro atoms. The molecule has 0 bridgehead atoms.